The third-order valence-electron chi connectivity index (χ3n) is 4.29. The summed E-state index contributed by atoms with van der Waals surface area (Å²) in [7, 11) is -3.48. The van der Waals surface area contributed by atoms with Crippen LogP contribution in [0.15, 0.2) is 39.0 Å². The van der Waals surface area contributed by atoms with Crippen LogP contribution in [-0.4, -0.2) is 50.7 Å². The van der Waals surface area contributed by atoms with Gasteiger partial charge in [-0.25, -0.2) is 8.42 Å². The zero-order valence-corrected chi connectivity index (χ0v) is 17.3. The molecule has 1 aromatic heterocycles. The van der Waals surface area contributed by atoms with Crippen molar-refractivity contribution in [2.24, 2.45) is 0 Å². The van der Waals surface area contributed by atoms with Crippen molar-refractivity contribution in [1.29, 1.82) is 0 Å². The topological polar surface area (TPSA) is 83.8 Å². The maximum Gasteiger partial charge on any atom is 0.293 e. The van der Waals surface area contributed by atoms with Crippen molar-refractivity contribution in [3.8, 4) is 0 Å². The number of hydrogen-bond acceptors (Lipinski definition) is 7. The minimum absolute atomic E-state index is 0.0325. The van der Waals surface area contributed by atoms with Gasteiger partial charge in [-0.05, 0) is 40.2 Å². The van der Waals surface area contributed by atoms with Gasteiger partial charge in [0, 0.05) is 49.9 Å². The van der Waals surface area contributed by atoms with E-state index < -0.39 is 14.8 Å². The molecule has 0 aliphatic carbocycles. The van der Waals surface area contributed by atoms with E-state index in [1.54, 1.807) is 17.4 Å². The normalized spacial score (nSPS) is 16.0. The molecule has 10 heteroatoms. The van der Waals surface area contributed by atoms with Crippen LogP contribution in [0.25, 0.3) is 0 Å². The molecule has 1 aliphatic rings. The van der Waals surface area contributed by atoms with Gasteiger partial charge in [0.2, 0.25) is 0 Å². The summed E-state index contributed by atoms with van der Waals surface area (Å²) < 4.78 is 24.4. The second-order valence-electron chi connectivity index (χ2n) is 6.15. The van der Waals surface area contributed by atoms with E-state index in [0.29, 0.717) is 18.8 Å². The third kappa shape index (κ3) is 4.43. The lowest BCUT2D eigenvalue weighted by Gasteiger charge is -2.35. The van der Waals surface area contributed by atoms with Gasteiger partial charge in [-0.2, -0.15) is 0 Å². The number of nitrogens with zero attached hydrogens (tertiary/aromatic N) is 3. The van der Waals surface area contributed by atoms with Crippen molar-refractivity contribution >= 4 is 48.5 Å². The highest BCUT2D eigenvalue weighted by Crippen LogP contribution is 2.32. The Labute approximate surface area is 164 Å². The van der Waals surface area contributed by atoms with Crippen LogP contribution in [0.4, 0.5) is 11.4 Å². The van der Waals surface area contributed by atoms with Crippen LogP contribution in [0.5, 0.6) is 0 Å². The van der Waals surface area contributed by atoms with Crippen LogP contribution in [0.2, 0.25) is 0 Å². The standard InChI is InChI=1S/C16H18BrN3O4S2/c1-26(23,24)13-3-4-14(15(10-13)20(21)22)19-8-6-18(7-9-19)11-12-2-5-16(17)25-12/h2-5,10H,6-9,11H2,1H3. The van der Waals surface area contributed by atoms with Gasteiger partial charge in [-0.15, -0.1) is 11.3 Å². The molecule has 7 nitrogen and oxygen atoms in total. The summed E-state index contributed by atoms with van der Waals surface area (Å²) in [6.45, 7) is 3.76. The van der Waals surface area contributed by atoms with Crippen LogP contribution < -0.4 is 4.90 Å². The molecule has 0 saturated carbocycles. The molecule has 26 heavy (non-hydrogen) atoms. The highest BCUT2D eigenvalue weighted by Gasteiger charge is 2.25. The van der Waals surface area contributed by atoms with Gasteiger partial charge < -0.3 is 4.90 Å². The van der Waals surface area contributed by atoms with Crippen molar-refractivity contribution in [3.63, 3.8) is 0 Å². The Morgan fingerprint density at radius 2 is 1.88 bits per heavy atom. The molecule has 3 rings (SSSR count). The monoisotopic (exact) mass is 459 g/mol. The summed E-state index contributed by atoms with van der Waals surface area (Å²) >= 11 is 5.17. The van der Waals surface area contributed by atoms with E-state index in [0.717, 1.165) is 35.7 Å². The molecule has 0 atom stereocenters. The molecular weight excluding hydrogens is 442 g/mol. The first kappa shape index (κ1) is 19.3. The number of nitro benzene ring substituents is 1. The minimum atomic E-state index is -3.48. The van der Waals surface area contributed by atoms with Crippen LogP contribution >= 0.6 is 27.3 Å². The Kier molecular flexibility index (Phi) is 5.66. The summed E-state index contributed by atoms with van der Waals surface area (Å²) in [5, 5.41) is 11.4. The zero-order valence-electron chi connectivity index (χ0n) is 14.1. The quantitative estimate of drug-likeness (QED) is 0.504. The molecule has 2 heterocycles. The molecular formula is C16H18BrN3O4S2. The first-order valence-electron chi connectivity index (χ1n) is 7.94. The van der Waals surface area contributed by atoms with Gasteiger partial charge >= 0.3 is 0 Å². The van der Waals surface area contributed by atoms with Gasteiger partial charge in [0.05, 0.1) is 13.6 Å². The smallest absolute Gasteiger partial charge is 0.293 e. The number of sulfone groups is 1. The lowest BCUT2D eigenvalue weighted by molar-refractivity contribution is -0.384. The highest BCUT2D eigenvalue weighted by atomic mass is 79.9. The van der Waals surface area contributed by atoms with E-state index >= 15 is 0 Å². The Morgan fingerprint density at radius 3 is 2.42 bits per heavy atom. The van der Waals surface area contributed by atoms with E-state index in [9.17, 15) is 18.5 Å². The number of anilines is 1. The van der Waals surface area contributed by atoms with Gasteiger partial charge in [0.1, 0.15) is 5.69 Å². The number of nitro groups is 1. The fourth-order valence-electron chi connectivity index (χ4n) is 2.95. The van der Waals surface area contributed by atoms with Crippen molar-refractivity contribution in [2.75, 3.05) is 37.3 Å². The maximum atomic E-state index is 11.7. The predicted molar refractivity (Wildman–Crippen MR) is 106 cm³/mol. The molecule has 0 amide bonds. The lowest BCUT2D eigenvalue weighted by atomic mass is 10.2. The average molecular weight is 460 g/mol. The Bertz CT molecular complexity index is 921. The van der Waals surface area contributed by atoms with Crippen LogP contribution in [-0.2, 0) is 16.4 Å². The second-order valence-corrected chi connectivity index (χ2v) is 10.7. The van der Waals surface area contributed by atoms with Crippen molar-refractivity contribution < 1.29 is 13.3 Å². The summed E-state index contributed by atoms with van der Waals surface area (Å²) in [4.78, 5) is 16.4. The van der Waals surface area contributed by atoms with Gasteiger partial charge in [0.25, 0.3) is 5.69 Å². The summed E-state index contributed by atoms with van der Waals surface area (Å²) in [5.74, 6) is 0. The Balaban J connectivity index is 1.73. The van der Waals surface area contributed by atoms with E-state index in [4.69, 9.17) is 0 Å². The highest BCUT2D eigenvalue weighted by molar-refractivity contribution is 9.11. The summed E-state index contributed by atoms with van der Waals surface area (Å²) in [6.07, 6.45) is 1.05. The lowest BCUT2D eigenvalue weighted by Crippen LogP contribution is -2.46. The molecule has 140 valence electrons. The zero-order chi connectivity index (χ0) is 18.9. The SMILES string of the molecule is CS(=O)(=O)c1ccc(N2CCN(Cc3ccc(Br)s3)CC2)c([N+](=O)[O-])c1. The van der Waals surface area contributed by atoms with Gasteiger partial charge in [0.15, 0.2) is 9.84 Å². The molecule has 0 unspecified atom stereocenters. The average Bonchev–Trinajstić information content (AvgIpc) is 2.99. The molecule has 1 fully saturated rings. The molecule has 0 spiro atoms. The number of thiophene rings is 1. The number of hydrogen-bond donors (Lipinski definition) is 0. The van der Waals surface area contributed by atoms with Crippen LogP contribution in [0.3, 0.4) is 0 Å². The number of halogens is 1. The van der Waals surface area contributed by atoms with E-state index in [1.165, 1.54) is 10.9 Å². The van der Waals surface area contributed by atoms with Crippen molar-refractivity contribution in [2.45, 2.75) is 11.4 Å². The van der Waals surface area contributed by atoms with E-state index in [-0.39, 0.29) is 10.6 Å². The summed E-state index contributed by atoms with van der Waals surface area (Å²) in [6, 6.07) is 8.26. The number of piperazine rings is 1. The molecule has 1 saturated heterocycles. The molecule has 0 bridgehead atoms. The van der Waals surface area contributed by atoms with E-state index in [1.807, 2.05) is 11.0 Å². The molecule has 0 radical (unpaired) electrons. The summed E-state index contributed by atoms with van der Waals surface area (Å²) in [5.41, 5.74) is 0.310. The second kappa shape index (κ2) is 7.63. The van der Waals surface area contributed by atoms with Crippen molar-refractivity contribution in [1.82, 2.24) is 4.90 Å². The maximum absolute atomic E-state index is 11.7. The molecule has 1 aliphatic heterocycles. The minimum Gasteiger partial charge on any atom is -0.363 e. The molecule has 2 aromatic rings. The molecule has 0 N–H and O–H groups in total. The Morgan fingerprint density at radius 1 is 1.19 bits per heavy atom. The molecule has 1 aromatic carbocycles. The van der Waals surface area contributed by atoms with Gasteiger partial charge in [-0.1, -0.05) is 0 Å². The fourth-order valence-corrected chi connectivity index (χ4v) is 5.12. The van der Waals surface area contributed by atoms with Crippen molar-refractivity contribution in [3.05, 3.63) is 49.1 Å². The van der Waals surface area contributed by atoms with Gasteiger partial charge in [-0.3, -0.25) is 15.0 Å². The third-order valence-corrected chi connectivity index (χ3v) is 7.01. The Hall–Kier alpha value is -1.49. The fraction of sp³-hybridized carbons (Fsp3) is 0.375. The number of rotatable bonds is 5. The van der Waals surface area contributed by atoms with Crippen LogP contribution in [0.1, 0.15) is 4.88 Å². The number of benzene rings is 1. The van der Waals surface area contributed by atoms with Crippen LogP contribution in [0, 0.1) is 10.1 Å². The predicted octanol–water partition coefficient (Wildman–Crippen LogP) is 3.14. The van der Waals surface area contributed by atoms with E-state index in [2.05, 4.69) is 26.9 Å². The first-order valence-corrected chi connectivity index (χ1v) is 11.4. The first-order chi connectivity index (χ1) is 12.2. The largest absolute Gasteiger partial charge is 0.363 e.